The Morgan fingerprint density at radius 1 is 1.08 bits per heavy atom. The first kappa shape index (κ1) is 16.7. The summed E-state index contributed by atoms with van der Waals surface area (Å²) >= 11 is 0. The van der Waals surface area contributed by atoms with Crippen LogP contribution in [0.2, 0.25) is 0 Å². The van der Waals surface area contributed by atoms with Crippen LogP contribution in [0.5, 0.6) is 0 Å². The number of aryl methyl sites for hydroxylation is 3. The SMILES string of the molecule is Cc1cc(S(=O)(=O)NCc2ccc3c(c2)cc(C)n3C)ccc1F. The lowest BCUT2D eigenvalue weighted by Gasteiger charge is -2.08. The molecule has 0 aliphatic carbocycles. The molecule has 0 amide bonds. The van der Waals surface area contributed by atoms with Gasteiger partial charge in [0.05, 0.1) is 4.90 Å². The molecule has 0 spiro atoms. The monoisotopic (exact) mass is 346 g/mol. The highest BCUT2D eigenvalue weighted by Crippen LogP contribution is 2.20. The molecule has 6 heteroatoms. The van der Waals surface area contributed by atoms with Gasteiger partial charge in [-0.25, -0.2) is 17.5 Å². The van der Waals surface area contributed by atoms with E-state index in [0.717, 1.165) is 22.2 Å². The summed E-state index contributed by atoms with van der Waals surface area (Å²) in [6, 6.07) is 11.7. The number of benzene rings is 2. The van der Waals surface area contributed by atoms with Gasteiger partial charge in [0, 0.05) is 30.2 Å². The topological polar surface area (TPSA) is 51.1 Å². The van der Waals surface area contributed by atoms with Gasteiger partial charge in [-0.15, -0.1) is 0 Å². The second-order valence-electron chi connectivity index (χ2n) is 5.97. The van der Waals surface area contributed by atoms with Gasteiger partial charge in [-0.05, 0) is 61.4 Å². The molecule has 0 saturated carbocycles. The number of rotatable bonds is 4. The first-order valence-electron chi connectivity index (χ1n) is 7.59. The van der Waals surface area contributed by atoms with E-state index >= 15 is 0 Å². The predicted molar refractivity (Wildman–Crippen MR) is 92.8 cm³/mol. The zero-order valence-electron chi connectivity index (χ0n) is 13.8. The first-order valence-corrected chi connectivity index (χ1v) is 9.07. The molecule has 0 aliphatic heterocycles. The predicted octanol–water partition coefficient (Wildman–Crippen LogP) is 3.41. The second-order valence-corrected chi connectivity index (χ2v) is 7.74. The minimum atomic E-state index is -3.68. The van der Waals surface area contributed by atoms with Crippen molar-refractivity contribution in [3.05, 3.63) is 65.1 Å². The highest BCUT2D eigenvalue weighted by molar-refractivity contribution is 7.89. The van der Waals surface area contributed by atoms with Gasteiger partial charge in [-0.1, -0.05) is 6.07 Å². The molecule has 0 unspecified atom stereocenters. The van der Waals surface area contributed by atoms with E-state index in [1.54, 1.807) is 6.92 Å². The number of hydrogen-bond donors (Lipinski definition) is 1. The second kappa shape index (κ2) is 6.03. The van der Waals surface area contributed by atoms with Crippen LogP contribution in [0, 0.1) is 19.7 Å². The van der Waals surface area contributed by atoms with Crippen LogP contribution in [-0.4, -0.2) is 13.0 Å². The Kier molecular flexibility index (Phi) is 4.19. The van der Waals surface area contributed by atoms with Crippen LogP contribution < -0.4 is 4.72 Å². The van der Waals surface area contributed by atoms with Crippen LogP contribution >= 0.6 is 0 Å². The standard InChI is InChI=1S/C18H19FN2O2S/c1-12-8-16(5-6-17(12)19)24(22,23)20-11-14-4-7-18-15(10-14)9-13(2)21(18)3/h4-10,20H,11H2,1-3H3. The molecule has 0 fully saturated rings. The third-order valence-corrected chi connectivity index (χ3v) is 5.65. The van der Waals surface area contributed by atoms with Crippen LogP contribution in [0.15, 0.2) is 47.4 Å². The molecule has 4 nitrogen and oxygen atoms in total. The van der Waals surface area contributed by atoms with E-state index in [-0.39, 0.29) is 11.4 Å². The van der Waals surface area contributed by atoms with Gasteiger partial charge < -0.3 is 4.57 Å². The smallest absolute Gasteiger partial charge is 0.240 e. The molecule has 1 heterocycles. The van der Waals surface area contributed by atoms with E-state index in [2.05, 4.69) is 15.4 Å². The summed E-state index contributed by atoms with van der Waals surface area (Å²) in [6.45, 7) is 3.75. The largest absolute Gasteiger partial charge is 0.348 e. The number of nitrogens with one attached hydrogen (secondary N) is 1. The molecule has 3 aromatic rings. The van der Waals surface area contributed by atoms with Crippen LogP contribution in [0.3, 0.4) is 0 Å². The van der Waals surface area contributed by atoms with Gasteiger partial charge >= 0.3 is 0 Å². The Morgan fingerprint density at radius 2 is 1.83 bits per heavy atom. The molecule has 0 atom stereocenters. The molecular formula is C18H19FN2O2S. The van der Waals surface area contributed by atoms with E-state index in [1.165, 1.54) is 18.2 Å². The average Bonchev–Trinajstić information content (AvgIpc) is 2.82. The summed E-state index contributed by atoms with van der Waals surface area (Å²) < 4.78 is 42.7. The third kappa shape index (κ3) is 3.07. The van der Waals surface area contributed by atoms with Crippen molar-refractivity contribution < 1.29 is 12.8 Å². The third-order valence-electron chi connectivity index (χ3n) is 4.25. The Labute approximate surface area is 141 Å². The van der Waals surface area contributed by atoms with Crippen LogP contribution in [-0.2, 0) is 23.6 Å². The zero-order chi connectivity index (χ0) is 17.5. The molecule has 3 rings (SSSR count). The van der Waals surface area contributed by atoms with Crippen molar-refractivity contribution in [1.29, 1.82) is 0 Å². The maximum atomic E-state index is 13.3. The van der Waals surface area contributed by atoms with Crippen LogP contribution in [0.1, 0.15) is 16.8 Å². The first-order chi connectivity index (χ1) is 11.3. The molecule has 0 saturated heterocycles. The Hall–Kier alpha value is -2.18. The van der Waals surface area contributed by atoms with E-state index in [1.807, 2.05) is 32.2 Å². The van der Waals surface area contributed by atoms with Crippen molar-refractivity contribution in [3.63, 3.8) is 0 Å². The number of nitrogens with zero attached hydrogens (tertiary/aromatic N) is 1. The molecule has 1 aromatic heterocycles. The fourth-order valence-electron chi connectivity index (χ4n) is 2.69. The summed E-state index contributed by atoms with van der Waals surface area (Å²) in [5, 5.41) is 1.07. The van der Waals surface area contributed by atoms with E-state index in [4.69, 9.17) is 0 Å². The minimum Gasteiger partial charge on any atom is -0.348 e. The normalized spacial score (nSPS) is 12.0. The number of hydrogen-bond acceptors (Lipinski definition) is 2. The van der Waals surface area contributed by atoms with Gasteiger partial charge in [-0.3, -0.25) is 0 Å². The molecular weight excluding hydrogens is 327 g/mol. The van der Waals surface area contributed by atoms with Crippen molar-refractivity contribution >= 4 is 20.9 Å². The average molecular weight is 346 g/mol. The molecule has 1 N–H and O–H groups in total. The lowest BCUT2D eigenvalue weighted by molar-refractivity contribution is 0.579. The molecule has 2 aromatic carbocycles. The van der Waals surface area contributed by atoms with E-state index in [9.17, 15) is 12.8 Å². The van der Waals surface area contributed by atoms with Crippen molar-refractivity contribution in [2.24, 2.45) is 7.05 Å². The summed E-state index contributed by atoms with van der Waals surface area (Å²) in [7, 11) is -1.68. The fourth-order valence-corrected chi connectivity index (χ4v) is 3.80. The van der Waals surface area contributed by atoms with Crippen molar-refractivity contribution in [3.8, 4) is 0 Å². The van der Waals surface area contributed by atoms with Gasteiger partial charge in [0.1, 0.15) is 5.82 Å². The Bertz CT molecular complexity index is 1020. The minimum absolute atomic E-state index is 0.0676. The van der Waals surface area contributed by atoms with Crippen LogP contribution in [0.4, 0.5) is 4.39 Å². The lowest BCUT2D eigenvalue weighted by atomic mass is 10.1. The van der Waals surface area contributed by atoms with E-state index in [0.29, 0.717) is 5.56 Å². The van der Waals surface area contributed by atoms with Gasteiger partial charge in [0.2, 0.25) is 10.0 Å². The molecule has 24 heavy (non-hydrogen) atoms. The lowest BCUT2D eigenvalue weighted by Crippen LogP contribution is -2.23. The van der Waals surface area contributed by atoms with Crippen molar-refractivity contribution in [2.45, 2.75) is 25.3 Å². The quantitative estimate of drug-likeness (QED) is 0.787. The molecule has 0 bridgehead atoms. The van der Waals surface area contributed by atoms with Gasteiger partial charge in [0.15, 0.2) is 0 Å². The molecule has 126 valence electrons. The maximum Gasteiger partial charge on any atom is 0.240 e. The number of aromatic nitrogens is 1. The summed E-state index contributed by atoms with van der Waals surface area (Å²) in [5.74, 6) is -0.418. The van der Waals surface area contributed by atoms with Crippen molar-refractivity contribution in [2.75, 3.05) is 0 Å². The maximum absolute atomic E-state index is 13.3. The van der Waals surface area contributed by atoms with Crippen molar-refractivity contribution in [1.82, 2.24) is 9.29 Å². The summed E-state index contributed by atoms with van der Waals surface area (Å²) in [4.78, 5) is 0.0676. The zero-order valence-corrected chi connectivity index (χ0v) is 14.6. The van der Waals surface area contributed by atoms with Gasteiger partial charge in [0.25, 0.3) is 0 Å². The Balaban J connectivity index is 1.82. The number of halogens is 1. The number of sulfonamides is 1. The molecule has 0 radical (unpaired) electrons. The molecule has 0 aliphatic rings. The highest BCUT2D eigenvalue weighted by atomic mass is 32.2. The Morgan fingerprint density at radius 3 is 2.54 bits per heavy atom. The van der Waals surface area contributed by atoms with Crippen LogP contribution in [0.25, 0.3) is 10.9 Å². The van der Waals surface area contributed by atoms with E-state index < -0.39 is 15.8 Å². The highest BCUT2D eigenvalue weighted by Gasteiger charge is 2.15. The summed E-state index contributed by atoms with van der Waals surface area (Å²) in [5.41, 5.74) is 3.42. The fraction of sp³-hybridized carbons (Fsp3) is 0.222. The number of fused-ring (bicyclic) bond motifs is 1. The summed E-state index contributed by atoms with van der Waals surface area (Å²) in [6.07, 6.45) is 0. The van der Waals surface area contributed by atoms with Gasteiger partial charge in [-0.2, -0.15) is 0 Å².